The van der Waals surface area contributed by atoms with Crippen molar-refractivity contribution >= 4 is 17.2 Å². The Morgan fingerprint density at radius 3 is 3.12 bits per heavy atom. The number of aryl methyl sites for hydroxylation is 1. The molecule has 2 aromatic heterocycles. The zero-order valence-corrected chi connectivity index (χ0v) is 15.3. The van der Waals surface area contributed by atoms with Crippen LogP contribution in [0.25, 0.3) is 0 Å². The Kier molecular flexibility index (Phi) is 4.62. The maximum atomic E-state index is 12.1. The molecule has 0 saturated carbocycles. The first-order chi connectivity index (χ1) is 12.2. The van der Waals surface area contributed by atoms with E-state index in [0.717, 1.165) is 39.1 Å². The third kappa shape index (κ3) is 3.36. The number of nitrogens with zero attached hydrogens (tertiary/aromatic N) is 3. The third-order valence-corrected chi connectivity index (χ3v) is 6.10. The van der Waals surface area contributed by atoms with Gasteiger partial charge in [0.25, 0.3) is 5.91 Å². The second-order valence-electron chi connectivity index (χ2n) is 7.08. The zero-order chi connectivity index (χ0) is 17.3. The van der Waals surface area contributed by atoms with Crippen LogP contribution in [0.4, 0.5) is 0 Å². The van der Waals surface area contributed by atoms with Crippen LogP contribution in [0.5, 0.6) is 0 Å². The maximum Gasteiger partial charge on any atom is 0.287 e. The molecule has 1 atom stereocenters. The number of hydrogen-bond donors (Lipinski definition) is 1. The van der Waals surface area contributed by atoms with Crippen LogP contribution in [0.1, 0.15) is 29.0 Å². The number of carbonyl (C=O) groups excluding carboxylic acids is 1. The molecule has 2 saturated heterocycles. The van der Waals surface area contributed by atoms with Crippen LogP contribution in [0, 0.1) is 5.92 Å². The van der Waals surface area contributed by atoms with Crippen LogP contribution in [-0.4, -0.2) is 52.2 Å². The Morgan fingerprint density at radius 2 is 2.40 bits per heavy atom. The largest absolute Gasteiger partial charge is 0.372 e. The van der Waals surface area contributed by atoms with E-state index >= 15 is 0 Å². The molecule has 7 heteroatoms. The molecule has 2 aliphatic heterocycles. The molecule has 1 spiro atoms. The zero-order valence-electron chi connectivity index (χ0n) is 14.5. The molecule has 2 fully saturated rings. The summed E-state index contributed by atoms with van der Waals surface area (Å²) in [6.07, 6.45) is 5.48. The summed E-state index contributed by atoms with van der Waals surface area (Å²) in [5.74, 6) is 0.879. The normalized spacial score (nSPS) is 22.2. The first-order valence-corrected chi connectivity index (χ1v) is 9.73. The highest BCUT2D eigenvalue weighted by atomic mass is 32.1. The molecule has 0 unspecified atom stereocenters. The fraction of sp³-hybridized carbons (Fsp3) is 0.556. The highest BCUT2D eigenvalue weighted by Gasteiger charge is 2.52. The number of likely N-dealkylation sites (tertiary alicyclic amines) is 1. The number of hydrogen-bond acceptors (Lipinski definition) is 5. The van der Waals surface area contributed by atoms with Crippen molar-refractivity contribution in [2.45, 2.75) is 25.0 Å². The number of nitrogens with one attached hydrogen (secondary N) is 1. The summed E-state index contributed by atoms with van der Waals surface area (Å²) in [5.41, 5.74) is 1.39. The topological polar surface area (TPSA) is 59.4 Å². The van der Waals surface area contributed by atoms with Crippen LogP contribution in [-0.2, 0) is 18.3 Å². The van der Waals surface area contributed by atoms with Gasteiger partial charge in [-0.25, -0.2) is 4.98 Å². The van der Waals surface area contributed by atoms with Crippen LogP contribution in [0.2, 0.25) is 0 Å². The lowest BCUT2D eigenvalue weighted by Gasteiger charge is -2.50. The Labute approximate surface area is 151 Å². The van der Waals surface area contributed by atoms with Gasteiger partial charge in [0.2, 0.25) is 0 Å². The smallest absolute Gasteiger partial charge is 0.287 e. The number of thiophene rings is 1. The van der Waals surface area contributed by atoms with E-state index in [4.69, 9.17) is 4.74 Å². The molecular formula is C18H24N4O2S. The van der Waals surface area contributed by atoms with Gasteiger partial charge in [-0.1, -0.05) is 0 Å². The molecule has 6 nitrogen and oxygen atoms in total. The lowest BCUT2D eigenvalue weighted by Crippen LogP contribution is -2.64. The molecule has 2 aromatic rings. The van der Waals surface area contributed by atoms with Crippen molar-refractivity contribution in [3.63, 3.8) is 0 Å². The molecule has 4 rings (SSSR count). The van der Waals surface area contributed by atoms with E-state index in [1.165, 1.54) is 5.56 Å². The van der Waals surface area contributed by atoms with Crippen LogP contribution < -0.4 is 5.32 Å². The molecule has 1 N–H and O–H groups in total. The van der Waals surface area contributed by atoms with Crippen LogP contribution in [0.3, 0.4) is 0 Å². The highest BCUT2D eigenvalue weighted by molar-refractivity contribution is 7.07. The van der Waals surface area contributed by atoms with E-state index < -0.39 is 0 Å². The van der Waals surface area contributed by atoms with E-state index in [0.29, 0.717) is 18.3 Å². The summed E-state index contributed by atoms with van der Waals surface area (Å²) in [6, 6.07) is 2.19. The van der Waals surface area contributed by atoms with Crippen molar-refractivity contribution in [1.29, 1.82) is 0 Å². The van der Waals surface area contributed by atoms with E-state index in [-0.39, 0.29) is 11.5 Å². The summed E-state index contributed by atoms with van der Waals surface area (Å²) in [5, 5.41) is 7.34. The van der Waals surface area contributed by atoms with Gasteiger partial charge in [-0.3, -0.25) is 9.69 Å². The van der Waals surface area contributed by atoms with Crippen LogP contribution in [0.15, 0.2) is 29.2 Å². The van der Waals surface area contributed by atoms with E-state index in [1.807, 2.05) is 7.05 Å². The Morgan fingerprint density at radius 1 is 1.52 bits per heavy atom. The van der Waals surface area contributed by atoms with Crippen molar-refractivity contribution in [3.8, 4) is 0 Å². The number of aromatic nitrogens is 2. The number of ether oxygens (including phenoxy) is 1. The van der Waals surface area contributed by atoms with Crippen molar-refractivity contribution < 1.29 is 9.53 Å². The van der Waals surface area contributed by atoms with Gasteiger partial charge in [0.1, 0.15) is 0 Å². The number of amides is 1. The fourth-order valence-electron chi connectivity index (χ4n) is 4.03. The molecular weight excluding hydrogens is 336 g/mol. The third-order valence-electron chi connectivity index (χ3n) is 5.37. The molecule has 25 heavy (non-hydrogen) atoms. The molecule has 2 aliphatic rings. The Bertz CT molecular complexity index is 721. The van der Waals surface area contributed by atoms with Crippen molar-refractivity contribution in [1.82, 2.24) is 19.8 Å². The summed E-state index contributed by atoms with van der Waals surface area (Å²) < 4.78 is 7.86. The fourth-order valence-corrected chi connectivity index (χ4v) is 4.69. The van der Waals surface area contributed by atoms with Gasteiger partial charge < -0.3 is 14.6 Å². The van der Waals surface area contributed by atoms with Gasteiger partial charge >= 0.3 is 0 Å². The molecule has 1 amide bonds. The molecule has 0 aliphatic carbocycles. The number of imidazole rings is 1. The van der Waals surface area contributed by atoms with E-state index in [1.54, 1.807) is 28.3 Å². The van der Waals surface area contributed by atoms with Gasteiger partial charge in [-0.2, -0.15) is 11.3 Å². The van der Waals surface area contributed by atoms with Gasteiger partial charge in [-0.05, 0) is 41.1 Å². The van der Waals surface area contributed by atoms with Crippen molar-refractivity contribution in [2.75, 3.05) is 26.2 Å². The average Bonchev–Trinajstić information content (AvgIpc) is 3.28. The Balaban J connectivity index is 1.25. The molecule has 134 valence electrons. The van der Waals surface area contributed by atoms with Gasteiger partial charge in [0.05, 0.1) is 5.60 Å². The van der Waals surface area contributed by atoms with Gasteiger partial charge in [0, 0.05) is 52.2 Å². The SMILES string of the molecule is Cn1ccnc1C(=O)NCC[C@H]1CCOC12CN(Cc1ccsc1)C2. The molecule has 0 bridgehead atoms. The summed E-state index contributed by atoms with van der Waals surface area (Å²) in [4.78, 5) is 18.7. The van der Waals surface area contributed by atoms with E-state index in [9.17, 15) is 4.79 Å². The minimum atomic E-state index is -0.104. The number of rotatable bonds is 6. The Hall–Kier alpha value is -1.70. The van der Waals surface area contributed by atoms with Crippen LogP contribution >= 0.6 is 11.3 Å². The summed E-state index contributed by atoms with van der Waals surface area (Å²) in [6.45, 7) is 4.52. The van der Waals surface area contributed by atoms with Crippen molar-refractivity contribution in [3.05, 3.63) is 40.6 Å². The predicted octanol–water partition coefficient (Wildman–Crippen LogP) is 1.89. The van der Waals surface area contributed by atoms with Crippen molar-refractivity contribution in [2.24, 2.45) is 13.0 Å². The van der Waals surface area contributed by atoms with E-state index in [2.05, 4.69) is 32.0 Å². The first-order valence-electron chi connectivity index (χ1n) is 8.79. The monoisotopic (exact) mass is 360 g/mol. The molecule has 0 radical (unpaired) electrons. The lowest BCUT2D eigenvalue weighted by atomic mass is 9.79. The molecule has 0 aromatic carbocycles. The predicted molar refractivity (Wildman–Crippen MR) is 96.5 cm³/mol. The van der Waals surface area contributed by atoms with Gasteiger partial charge in [-0.15, -0.1) is 0 Å². The lowest BCUT2D eigenvalue weighted by molar-refractivity contribution is -0.136. The highest BCUT2D eigenvalue weighted by Crippen LogP contribution is 2.42. The van der Waals surface area contributed by atoms with Gasteiger partial charge in [0.15, 0.2) is 5.82 Å². The average molecular weight is 360 g/mol. The summed E-state index contributed by atoms with van der Waals surface area (Å²) in [7, 11) is 1.83. The summed E-state index contributed by atoms with van der Waals surface area (Å²) >= 11 is 1.75. The minimum absolute atomic E-state index is 0.00394. The number of carbonyl (C=O) groups is 1. The quantitative estimate of drug-likeness (QED) is 0.855. The second kappa shape index (κ2) is 6.90. The molecule has 4 heterocycles. The standard InChI is InChI=1S/C18H24N4O2S/c1-21-7-6-19-16(21)17(23)20-5-2-15-3-8-24-18(15)12-22(13-18)10-14-4-9-25-11-14/h4,6-7,9,11,15H,2-3,5,8,10,12-13H2,1H3,(H,20,23)/t15-/m0/s1. The first kappa shape index (κ1) is 16.8. The maximum absolute atomic E-state index is 12.1. The minimum Gasteiger partial charge on any atom is -0.372 e. The second-order valence-corrected chi connectivity index (χ2v) is 7.86.